The molecule has 0 atom stereocenters. The van der Waals surface area contributed by atoms with Gasteiger partial charge in [-0.2, -0.15) is 0 Å². The van der Waals surface area contributed by atoms with Gasteiger partial charge in [0.1, 0.15) is 5.75 Å². The average Bonchev–Trinajstić information content (AvgIpc) is 3.35. The molecule has 170 valence electrons. The van der Waals surface area contributed by atoms with Gasteiger partial charge in [0.05, 0.1) is 18.4 Å². The smallest absolute Gasteiger partial charge is 0.339 e. The van der Waals surface area contributed by atoms with Crippen molar-refractivity contribution >= 4 is 34.1 Å². The van der Waals surface area contributed by atoms with Crippen LogP contribution >= 0.6 is 11.3 Å². The monoisotopic (exact) mass is 472 g/mol. The summed E-state index contributed by atoms with van der Waals surface area (Å²) in [6, 6.07) is 22.4. The first kappa shape index (κ1) is 22.9. The van der Waals surface area contributed by atoms with E-state index >= 15 is 0 Å². The summed E-state index contributed by atoms with van der Waals surface area (Å²) in [5.74, 6) is -0.850. The summed E-state index contributed by atoms with van der Waals surface area (Å²) in [4.78, 5) is 42.1. The van der Waals surface area contributed by atoms with E-state index in [1.54, 1.807) is 55.6 Å². The number of nitrogens with one attached hydrogen (secondary N) is 1. The maximum absolute atomic E-state index is 12.8. The first-order valence-electron chi connectivity index (χ1n) is 10.3. The summed E-state index contributed by atoms with van der Waals surface area (Å²) in [6.45, 7) is -0.510. The van der Waals surface area contributed by atoms with Crippen LogP contribution in [0.25, 0.3) is 11.3 Å². The number of rotatable bonds is 8. The van der Waals surface area contributed by atoms with Crippen LogP contribution in [-0.4, -0.2) is 36.4 Å². The number of hydrogen-bond acceptors (Lipinski definition) is 7. The number of nitrogens with zero attached hydrogens (tertiary/aromatic N) is 1. The SMILES string of the molecule is COc1ccc(-c2csc(NC(=O)COC(=O)c3ccccc3C(=O)c3ccccc3)n2)cc1. The molecular formula is C26H20N2O5S. The fourth-order valence-corrected chi connectivity index (χ4v) is 3.93. The molecular weight excluding hydrogens is 452 g/mol. The number of ketones is 1. The van der Waals surface area contributed by atoms with Crippen LogP contribution in [0.5, 0.6) is 5.75 Å². The zero-order valence-corrected chi connectivity index (χ0v) is 19.0. The second kappa shape index (κ2) is 10.5. The Labute approximate surface area is 200 Å². The highest BCUT2D eigenvalue weighted by Gasteiger charge is 2.20. The predicted octanol–water partition coefficient (Wildman–Crippen LogP) is 4.85. The van der Waals surface area contributed by atoms with Crippen LogP contribution in [0.1, 0.15) is 26.3 Å². The summed E-state index contributed by atoms with van der Waals surface area (Å²) in [5, 5.41) is 4.82. The van der Waals surface area contributed by atoms with Crippen LogP contribution in [0.15, 0.2) is 84.2 Å². The highest BCUT2D eigenvalue weighted by Crippen LogP contribution is 2.26. The number of hydrogen-bond donors (Lipinski definition) is 1. The zero-order valence-electron chi connectivity index (χ0n) is 18.2. The number of amides is 1. The molecule has 8 heteroatoms. The molecule has 34 heavy (non-hydrogen) atoms. The molecule has 1 N–H and O–H groups in total. The van der Waals surface area contributed by atoms with Crippen LogP contribution in [0.3, 0.4) is 0 Å². The molecule has 3 aromatic carbocycles. The van der Waals surface area contributed by atoms with Crippen LogP contribution in [0, 0.1) is 0 Å². The number of methoxy groups -OCH3 is 1. The number of anilines is 1. The lowest BCUT2D eigenvalue weighted by Gasteiger charge is -2.09. The minimum absolute atomic E-state index is 0.0974. The molecule has 0 saturated carbocycles. The van der Waals surface area contributed by atoms with Crippen molar-refractivity contribution in [3.05, 3.63) is 101 Å². The number of carbonyl (C=O) groups excluding carboxylic acids is 3. The maximum Gasteiger partial charge on any atom is 0.339 e. The van der Waals surface area contributed by atoms with Crippen LogP contribution in [0.4, 0.5) is 5.13 Å². The van der Waals surface area contributed by atoms with Gasteiger partial charge >= 0.3 is 5.97 Å². The van der Waals surface area contributed by atoms with Gasteiger partial charge in [0.25, 0.3) is 5.91 Å². The lowest BCUT2D eigenvalue weighted by Crippen LogP contribution is -2.22. The van der Waals surface area contributed by atoms with E-state index in [1.807, 2.05) is 29.6 Å². The number of aromatic nitrogens is 1. The third-order valence-corrected chi connectivity index (χ3v) is 5.66. The standard InChI is InChI=1S/C26H20N2O5S/c1-32-19-13-11-17(12-14-19)22-16-34-26(27-22)28-23(29)15-33-25(31)21-10-6-5-9-20(21)24(30)18-7-3-2-4-8-18/h2-14,16H,15H2,1H3,(H,27,28,29). The average molecular weight is 473 g/mol. The first-order chi connectivity index (χ1) is 16.5. The van der Waals surface area contributed by atoms with E-state index in [2.05, 4.69) is 10.3 Å². The molecule has 0 aliphatic carbocycles. The number of ether oxygens (including phenoxy) is 2. The topological polar surface area (TPSA) is 94.6 Å². The molecule has 0 fully saturated rings. The van der Waals surface area contributed by atoms with Crippen molar-refractivity contribution in [1.29, 1.82) is 0 Å². The van der Waals surface area contributed by atoms with Crippen molar-refractivity contribution in [2.75, 3.05) is 19.0 Å². The third-order valence-electron chi connectivity index (χ3n) is 4.90. The number of esters is 1. The molecule has 4 aromatic rings. The molecule has 1 heterocycles. The highest BCUT2D eigenvalue weighted by atomic mass is 32.1. The second-order valence-electron chi connectivity index (χ2n) is 7.13. The summed E-state index contributed by atoms with van der Waals surface area (Å²) >= 11 is 1.26. The summed E-state index contributed by atoms with van der Waals surface area (Å²) in [6.07, 6.45) is 0. The van der Waals surface area contributed by atoms with Crippen LogP contribution in [0.2, 0.25) is 0 Å². The number of carbonyl (C=O) groups is 3. The summed E-state index contributed by atoms with van der Waals surface area (Å²) in [5.41, 5.74) is 2.34. The molecule has 1 aromatic heterocycles. The van der Waals surface area contributed by atoms with E-state index < -0.39 is 18.5 Å². The summed E-state index contributed by atoms with van der Waals surface area (Å²) in [7, 11) is 1.60. The Balaban J connectivity index is 1.37. The van der Waals surface area contributed by atoms with Crippen molar-refractivity contribution < 1.29 is 23.9 Å². The molecule has 0 unspecified atom stereocenters. The fourth-order valence-electron chi connectivity index (χ4n) is 3.19. The largest absolute Gasteiger partial charge is 0.497 e. The van der Waals surface area contributed by atoms with Crippen LogP contribution < -0.4 is 10.1 Å². The van der Waals surface area contributed by atoms with E-state index in [4.69, 9.17) is 9.47 Å². The molecule has 0 aliphatic rings. The van der Waals surface area contributed by atoms with Gasteiger partial charge in [0.15, 0.2) is 17.5 Å². The zero-order chi connectivity index (χ0) is 23.9. The Morgan fingerprint density at radius 2 is 1.56 bits per heavy atom. The third kappa shape index (κ3) is 5.36. The van der Waals surface area contributed by atoms with Crippen molar-refractivity contribution in [1.82, 2.24) is 4.98 Å². The van der Waals surface area contributed by atoms with Gasteiger partial charge in [-0.15, -0.1) is 11.3 Å². The van der Waals surface area contributed by atoms with Crippen molar-refractivity contribution in [3.8, 4) is 17.0 Å². The lowest BCUT2D eigenvalue weighted by molar-refractivity contribution is -0.119. The van der Waals surface area contributed by atoms with Crippen molar-refractivity contribution in [3.63, 3.8) is 0 Å². The van der Waals surface area contributed by atoms with Gasteiger partial charge in [-0.3, -0.25) is 14.9 Å². The molecule has 0 radical (unpaired) electrons. The quantitative estimate of drug-likeness (QED) is 0.291. The Morgan fingerprint density at radius 3 is 2.26 bits per heavy atom. The fraction of sp³-hybridized carbons (Fsp3) is 0.0769. The number of benzene rings is 3. The van der Waals surface area contributed by atoms with Gasteiger partial charge in [-0.1, -0.05) is 48.5 Å². The van der Waals surface area contributed by atoms with Gasteiger partial charge in [0.2, 0.25) is 0 Å². The van der Waals surface area contributed by atoms with E-state index in [0.717, 1.165) is 11.3 Å². The molecule has 4 rings (SSSR count). The van der Waals surface area contributed by atoms with Gasteiger partial charge in [0, 0.05) is 22.1 Å². The Bertz CT molecular complexity index is 1320. The Hall–Kier alpha value is -4.30. The first-order valence-corrected chi connectivity index (χ1v) is 11.2. The molecule has 0 aliphatic heterocycles. The second-order valence-corrected chi connectivity index (χ2v) is 7.99. The normalized spacial score (nSPS) is 10.4. The maximum atomic E-state index is 12.8. The number of thiazole rings is 1. The predicted molar refractivity (Wildman–Crippen MR) is 129 cm³/mol. The van der Waals surface area contributed by atoms with Crippen LogP contribution in [-0.2, 0) is 9.53 Å². The molecule has 0 saturated heterocycles. The lowest BCUT2D eigenvalue weighted by atomic mass is 9.98. The minimum Gasteiger partial charge on any atom is -0.497 e. The van der Waals surface area contributed by atoms with E-state index in [0.29, 0.717) is 16.4 Å². The van der Waals surface area contributed by atoms with Gasteiger partial charge in [-0.25, -0.2) is 9.78 Å². The van der Waals surface area contributed by atoms with Crippen molar-refractivity contribution in [2.45, 2.75) is 0 Å². The Kier molecular flexibility index (Phi) is 7.10. The summed E-state index contributed by atoms with van der Waals surface area (Å²) < 4.78 is 10.3. The molecule has 0 spiro atoms. The Morgan fingerprint density at radius 1 is 0.882 bits per heavy atom. The molecule has 1 amide bonds. The molecule has 0 bridgehead atoms. The van der Waals surface area contributed by atoms with E-state index in [-0.39, 0.29) is 16.9 Å². The van der Waals surface area contributed by atoms with Gasteiger partial charge < -0.3 is 9.47 Å². The highest BCUT2D eigenvalue weighted by molar-refractivity contribution is 7.14. The van der Waals surface area contributed by atoms with E-state index in [1.165, 1.54) is 17.4 Å². The minimum atomic E-state index is -0.756. The van der Waals surface area contributed by atoms with Crippen molar-refractivity contribution in [2.24, 2.45) is 0 Å². The van der Waals surface area contributed by atoms with E-state index in [9.17, 15) is 14.4 Å². The van der Waals surface area contributed by atoms with Gasteiger partial charge in [-0.05, 0) is 30.3 Å². The molecule has 7 nitrogen and oxygen atoms in total.